The van der Waals surface area contributed by atoms with Crippen molar-refractivity contribution in [1.29, 1.82) is 0 Å². The second-order valence-electron chi connectivity index (χ2n) is 7.00. The van der Waals surface area contributed by atoms with Crippen molar-refractivity contribution < 1.29 is 23.0 Å². The van der Waals surface area contributed by atoms with Gasteiger partial charge >= 0.3 is 0 Å². The highest BCUT2D eigenvalue weighted by Crippen LogP contribution is 2.35. The molecule has 0 radical (unpaired) electrons. The molecule has 0 aliphatic carbocycles. The third kappa shape index (κ3) is 3.72. The number of rotatable bonds is 4. The molecule has 1 spiro atoms. The monoisotopic (exact) mass is 403 g/mol. The van der Waals surface area contributed by atoms with Crippen molar-refractivity contribution in [2.75, 3.05) is 19.8 Å². The Morgan fingerprint density at radius 3 is 2.71 bits per heavy atom. The second-order valence-corrected chi connectivity index (χ2v) is 7.94. The van der Waals surface area contributed by atoms with E-state index in [1.54, 1.807) is 35.0 Å². The summed E-state index contributed by atoms with van der Waals surface area (Å²) in [5.41, 5.74) is 1.33. The van der Waals surface area contributed by atoms with Crippen molar-refractivity contribution >= 4 is 14.1 Å². The van der Waals surface area contributed by atoms with Gasteiger partial charge in [-0.2, -0.15) is 0 Å². The van der Waals surface area contributed by atoms with Gasteiger partial charge in [0.15, 0.2) is 5.79 Å². The molecule has 2 saturated heterocycles. The van der Waals surface area contributed by atoms with Crippen molar-refractivity contribution in [2.45, 2.75) is 24.7 Å². The molecule has 1 aromatic carbocycles. The molecule has 0 N–H and O–H groups in total. The standard InChI is InChI=1S/C21H20F2NO3P/c1-2-16-11-21(26-7-8-27-21)13-24(16)20(25)10-14-3-5-17(18(22)9-14)15-4-6-19(23)28-12-15/h2-6,9,12,16H,1,7-8,10-11,13H2. The first kappa shape index (κ1) is 19.2. The summed E-state index contributed by atoms with van der Waals surface area (Å²) in [7, 11) is 0.413. The van der Waals surface area contributed by atoms with Crippen LogP contribution in [-0.4, -0.2) is 42.4 Å². The number of nitrogens with zero attached hydrogens (tertiary/aromatic N) is 1. The highest BCUT2D eigenvalue weighted by molar-refractivity contribution is 7.28. The number of carbonyl (C=O) groups excluding carboxylic acids is 1. The molecule has 2 aromatic rings. The molecule has 2 aliphatic rings. The van der Waals surface area contributed by atoms with Gasteiger partial charge in [0.1, 0.15) is 11.4 Å². The van der Waals surface area contributed by atoms with E-state index in [4.69, 9.17) is 9.47 Å². The maximum Gasteiger partial charge on any atom is 0.227 e. The molecule has 2 aliphatic heterocycles. The van der Waals surface area contributed by atoms with Gasteiger partial charge < -0.3 is 14.4 Å². The van der Waals surface area contributed by atoms with Crippen molar-refractivity contribution in [3.05, 3.63) is 65.7 Å². The van der Waals surface area contributed by atoms with Crippen LogP contribution in [0.25, 0.3) is 11.1 Å². The van der Waals surface area contributed by atoms with Gasteiger partial charge in [-0.25, -0.2) is 8.78 Å². The quantitative estimate of drug-likeness (QED) is 0.716. The molecule has 1 aromatic heterocycles. The Hall–Kier alpha value is -2.14. The molecular weight excluding hydrogens is 383 g/mol. The van der Waals surface area contributed by atoms with Crippen LogP contribution in [0.2, 0.25) is 0 Å². The summed E-state index contributed by atoms with van der Waals surface area (Å²) < 4.78 is 39.1. The fourth-order valence-electron chi connectivity index (χ4n) is 3.77. The highest BCUT2D eigenvalue weighted by atomic mass is 31.0. The summed E-state index contributed by atoms with van der Waals surface area (Å²) >= 11 is 0. The van der Waals surface area contributed by atoms with Crippen molar-refractivity contribution in [1.82, 2.24) is 4.90 Å². The van der Waals surface area contributed by atoms with Gasteiger partial charge in [0.2, 0.25) is 5.91 Å². The predicted octanol–water partition coefficient (Wildman–Crippen LogP) is 4.28. The van der Waals surface area contributed by atoms with E-state index in [1.165, 1.54) is 12.1 Å². The molecule has 0 saturated carbocycles. The number of carbonyl (C=O) groups is 1. The Balaban J connectivity index is 1.49. The Morgan fingerprint density at radius 2 is 2.07 bits per heavy atom. The molecule has 1 amide bonds. The average molecular weight is 403 g/mol. The van der Waals surface area contributed by atoms with Gasteiger partial charge in [-0.3, -0.25) is 4.79 Å². The lowest BCUT2D eigenvalue weighted by atomic mass is 10.0. The number of halogens is 2. The summed E-state index contributed by atoms with van der Waals surface area (Å²) in [6.45, 7) is 5.20. The Labute approximate surface area is 163 Å². The molecule has 146 valence electrons. The molecule has 3 heterocycles. The minimum atomic E-state index is -0.741. The number of benzene rings is 1. The predicted molar refractivity (Wildman–Crippen MR) is 103 cm³/mol. The van der Waals surface area contributed by atoms with E-state index < -0.39 is 11.6 Å². The summed E-state index contributed by atoms with van der Waals surface area (Å²) in [6, 6.07) is 7.44. The van der Waals surface area contributed by atoms with Crippen LogP contribution < -0.4 is 0 Å². The number of hydrogen-bond acceptors (Lipinski definition) is 3. The highest BCUT2D eigenvalue weighted by Gasteiger charge is 2.48. The van der Waals surface area contributed by atoms with Crippen LogP contribution in [0.1, 0.15) is 12.0 Å². The zero-order valence-corrected chi connectivity index (χ0v) is 16.1. The zero-order valence-electron chi connectivity index (χ0n) is 15.2. The lowest BCUT2D eigenvalue weighted by Gasteiger charge is -2.23. The Kier molecular flexibility index (Phi) is 5.28. The first-order valence-corrected chi connectivity index (χ1v) is 10.1. The first-order chi connectivity index (χ1) is 13.5. The zero-order chi connectivity index (χ0) is 19.7. The molecular formula is C21H20F2NO3P. The van der Waals surface area contributed by atoms with Gasteiger partial charge in [-0.15, -0.1) is 6.58 Å². The summed E-state index contributed by atoms with van der Waals surface area (Å²) in [5, 5.41) is 0. The molecule has 2 fully saturated rings. The van der Waals surface area contributed by atoms with Crippen molar-refractivity contribution in [3.63, 3.8) is 0 Å². The molecule has 4 rings (SSSR count). The fraction of sp³-hybridized carbons (Fsp3) is 0.333. The van der Waals surface area contributed by atoms with Crippen LogP contribution in [0.4, 0.5) is 8.78 Å². The smallest absolute Gasteiger partial charge is 0.227 e. The van der Waals surface area contributed by atoms with E-state index in [2.05, 4.69) is 6.58 Å². The molecule has 0 bridgehead atoms. The summed E-state index contributed by atoms with van der Waals surface area (Å²) in [5.74, 6) is 0.326. The molecule has 28 heavy (non-hydrogen) atoms. The Morgan fingerprint density at radius 1 is 1.29 bits per heavy atom. The lowest BCUT2D eigenvalue weighted by molar-refractivity contribution is -0.152. The maximum atomic E-state index is 14.6. The van der Waals surface area contributed by atoms with Crippen molar-refractivity contribution in [2.24, 2.45) is 0 Å². The minimum absolute atomic E-state index is 0.0766. The van der Waals surface area contributed by atoms with Gasteiger partial charge in [0.05, 0.1) is 32.2 Å². The number of hydrogen-bond donors (Lipinski definition) is 0. The fourth-order valence-corrected chi connectivity index (χ4v) is 4.42. The normalized spacial score (nSPS) is 20.9. The number of likely N-dealkylation sites (tertiary alicyclic amines) is 1. The van der Waals surface area contributed by atoms with Crippen LogP contribution in [0.5, 0.6) is 0 Å². The summed E-state index contributed by atoms with van der Waals surface area (Å²) in [6.07, 6.45) is 2.36. The van der Waals surface area contributed by atoms with E-state index in [1.807, 2.05) is 0 Å². The van der Waals surface area contributed by atoms with Crippen LogP contribution in [0.15, 0.2) is 48.8 Å². The average Bonchev–Trinajstić information content (AvgIpc) is 3.30. The number of amides is 1. The number of ether oxygens (including phenoxy) is 2. The van der Waals surface area contributed by atoms with Gasteiger partial charge in [-0.05, 0) is 37.3 Å². The molecule has 4 nitrogen and oxygen atoms in total. The molecule has 1 unspecified atom stereocenters. The van der Waals surface area contributed by atoms with Gasteiger partial charge in [0, 0.05) is 12.0 Å². The van der Waals surface area contributed by atoms with Crippen LogP contribution >= 0.6 is 8.19 Å². The lowest BCUT2D eigenvalue weighted by Crippen LogP contribution is -2.39. The molecule has 7 heteroatoms. The minimum Gasteiger partial charge on any atom is -0.346 e. The Bertz CT molecular complexity index is 897. The second kappa shape index (κ2) is 7.70. The van der Waals surface area contributed by atoms with E-state index in [0.29, 0.717) is 51.1 Å². The maximum absolute atomic E-state index is 14.6. The van der Waals surface area contributed by atoms with Gasteiger partial charge in [-0.1, -0.05) is 24.3 Å². The van der Waals surface area contributed by atoms with Gasteiger partial charge in [0.25, 0.3) is 0 Å². The topological polar surface area (TPSA) is 38.8 Å². The van der Waals surface area contributed by atoms with Crippen LogP contribution in [-0.2, 0) is 20.7 Å². The third-order valence-electron chi connectivity index (χ3n) is 5.16. The third-order valence-corrected chi connectivity index (χ3v) is 5.97. The van der Waals surface area contributed by atoms with E-state index in [0.717, 1.165) is 0 Å². The van der Waals surface area contributed by atoms with Crippen LogP contribution in [0, 0.1) is 11.4 Å². The van der Waals surface area contributed by atoms with E-state index in [-0.39, 0.29) is 23.9 Å². The molecule has 1 atom stereocenters. The van der Waals surface area contributed by atoms with E-state index >= 15 is 0 Å². The largest absolute Gasteiger partial charge is 0.346 e. The van der Waals surface area contributed by atoms with Crippen molar-refractivity contribution in [3.8, 4) is 11.1 Å². The SMILES string of the molecule is C=CC1CC2(CN1C(=O)Cc1ccc(-c3ccc(F)pc3)c(F)c1)OCCO2. The van der Waals surface area contributed by atoms with Crippen LogP contribution in [0.3, 0.4) is 0 Å². The summed E-state index contributed by atoms with van der Waals surface area (Å²) in [4.78, 5) is 14.5. The van der Waals surface area contributed by atoms with E-state index in [9.17, 15) is 13.6 Å². The first-order valence-electron chi connectivity index (χ1n) is 9.10.